The van der Waals surface area contributed by atoms with Gasteiger partial charge in [0.25, 0.3) is 0 Å². The topological polar surface area (TPSA) is 50.4 Å². The van der Waals surface area contributed by atoms with E-state index >= 15 is 0 Å². The number of rotatable bonds is 8. The molecule has 0 aliphatic heterocycles. The molecule has 192 valence electrons. The average molecular weight is 522 g/mol. The Morgan fingerprint density at radius 3 is 2.34 bits per heavy atom. The number of hydrogen-bond donors (Lipinski definition) is 1. The molecule has 0 saturated carbocycles. The Labute approximate surface area is 202 Å². The van der Waals surface area contributed by atoms with E-state index in [1.165, 1.54) is 4.57 Å². The molecular formula is C23H25F6N3O2S. The Morgan fingerprint density at radius 2 is 1.77 bits per heavy atom. The Kier molecular flexibility index (Phi) is 7.73. The number of halogens is 6. The lowest BCUT2D eigenvalue weighted by Gasteiger charge is -2.30. The van der Waals surface area contributed by atoms with Crippen LogP contribution in [0.2, 0.25) is 0 Å². The maximum atomic E-state index is 13.2. The first-order valence-electron chi connectivity index (χ1n) is 10.6. The van der Waals surface area contributed by atoms with E-state index in [-0.39, 0.29) is 23.7 Å². The normalized spacial score (nSPS) is 13.5. The number of aromatic nitrogens is 1. The highest BCUT2D eigenvalue weighted by Crippen LogP contribution is 2.46. The third-order valence-corrected chi connectivity index (χ3v) is 6.64. The molecular weight excluding hydrogens is 496 g/mol. The maximum Gasteiger partial charge on any atom is 0.420 e. The van der Waals surface area contributed by atoms with Crippen molar-refractivity contribution >= 4 is 34.2 Å². The largest absolute Gasteiger partial charge is 0.420 e. The number of para-hydroxylation sites is 1. The van der Waals surface area contributed by atoms with Gasteiger partial charge in [-0.3, -0.25) is 4.57 Å². The zero-order chi connectivity index (χ0) is 26.1. The maximum absolute atomic E-state index is 13.2. The van der Waals surface area contributed by atoms with Crippen molar-refractivity contribution < 1.29 is 30.8 Å². The van der Waals surface area contributed by atoms with E-state index in [4.69, 9.17) is 4.42 Å². The molecule has 0 radical (unpaired) electrons. The molecule has 3 rings (SSSR count). The highest BCUT2D eigenvalue weighted by Gasteiger charge is 2.57. The molecule has 3 aromatic rings. The van der Waals surface area contributed by atoms with Gasteiger partial charge in [-0.05, 0) is 42.5 Å². The van der Waals surface area contributed by atoms with Crippen LogP contribution in [0.15, 0.2) is 45.6 Å². The van der Waals surface area contributed by atoms with Crippen LogP contribution in [-0.4, -0.2) is 49.1 Å². The van der Waals surface area contributed by atoms with Crippen LogP contribution < -0.4 is 16.0 Å². The molecule has 0 aliphatic rings. The summed E-state index contributed by atoms with van der Waals surface area (Å²) >= 11 is 1.68. The van der Waals surface area contributed by atoms with E-state index < -0.39 is 29.6 Å². The minimum atomic E-state index is -5.55. The predicted octanol–water partition coefficient (Wildman–Crippen LogP) is 6.08. The monoisotopic (exact) mass is 521 g/mol. The summed E-state index contributed by atoms with van der Waals surface area (Å²) in [5.74, 6) is -3.72. The molecule has 0 aliphatic carbocycles. The fraction of sp³-hybridized carbons (Fsp3) is 0.435. The van der Waals surface area contributed by atoms with E-state index in [9.17, 15) is 31.1 Å². The van der Waals surface area contributed by atoms with Gasteiger partial charge in [-0.1, -0.05) is 18.2 Å². The number of thioether (sulfide) groups is 1. The van der Waals surface area contributed by atoms with Gasteiger partial charge in [-0.15, -0.1) is 0 Å². The number of anilines is 2. The number of oxazole rings is 1. The molecule has 0 amide bonds. The molecule has 1 heterocycles. The van der Waals surface area contributed by atoms with E-state index in [1.54, 1.807) is 24.9 Å². The van der Waals surface area contributed by atoms with E-state index in [0.29, 0.717) is 6.07 Å². The van der Waals surface area contributed by atoms with Gasteiger partial charge in [0, 0.05) is 25.9 Å². The van der Waals surface area contributed by atoms with Crippen LogP contribution in [0.25, 0.3) is 11.1 Å². The molecule has 1 aromatic heterocycles. The summed E-state index contributed by atoms with van der Waals surface area (Å²) < 4.78 is 85.2. The third kappa shape index (κ3) is 5.57. The summed E-state index contributed by atoms with van der Waals surface area (Å²) in [7, 11) is 3.67. The Balaban J connectivity index is 2.09. The van der Waals surface area contributed by atoms with Gasteiger partial charge >= 0.3 is 18.1 Å². The molecule has 1 N–H and O–H groups in total. The van der Waals surface area contributed by atoms with Crippen molar-refractivity contribution in [3.8, 4) is 0 Å². The lowest BCUT2D eigenvalue weighted by atomic mass is 9.97. The van der Waals surface area contributed by atoms with Gasteiger partial charge in [0.05, 0.1) is 23.4 Å². The molecule has 35 heavy (non-hydrogen) atoms. The van der Waals surface area contributed by atoms with Crippen LogP contribution in [0.4, 0.5) is 37.7 Å². The van der Waals surface area contributed by atoms with Crippen LogP contribution in [0.1, 0.15) is 24.0 Å². The molecule has 0 spiro atoms. The average Bonchev–Trinajstić information content (AvgIpc) is 3.05. The van der Waals surface area contributed by atoms with E-state index in [2.05, 4.69) is 10.2 Å². The number of nitrogens with zero attached hydrogens (tertiary/aromatic N) is 2. The summed E-state index contributed by atoms with van der Waals surface area (Å²) in [6.45, 7) is 2.06. The SMILES string of the molecule is CNc1cccc(Cn2c(=O)oc3cc(C(C(F)(F)F)C(F)(F)F)ccc32)c1N(C)C(C)CSC. The summed E-state index contributed by atoms with van der Waals surface area (Å²) in [6.07, 6.45) is -9.10. The minimum Gasteiger partial charge on any atom is -0.408 e. The predicted molar refractivity (Wildman–Crippen MR) is 127 cm³/mol. The summed E-state index contributed by atoms with van der Waals surface area (Å²) in [5, 5.41) is 3.12. The molecule has 0 saturated heterocycles. The lowest BCUT2D eigenvalue weighted by molar-refractivity contribution is -0.253. The van der Waals surface area contributed by atoms with Crippen LogP contribution in [-0.2, 0) is 6.54 Å². The molecule has 5 nitrogen and oxygen atoms in total. The van der Waals surface area contributed by atoms with Gasteiger partial charge in [-0.2, -0.15) is 38.1 Å². The smallest absolute Gasteiger partial charge is 0.408 e. The first-order chi connectivity index (χ1) is 16.3. The standard InChI is InChI=1S/C23H25F6N3O2S/c1-13(12-35-4)31(3)19-15(6-5-7-16(19)30-2)11-32-17-9-8-14(10-18(17)34-21(32)33)20(22(24,25)26)23(27,28)29/h5-10,13,20,30H,11-12H2,1-4H3. The molecule has 0 bridgehead atoms. The molecule has 0 fully saturated rings. The van der Waals surface area contributed by atoms with Crippen LogP contribution in [0, 0.1) is 0 Å². The van der Waals surface area contributed by atoms with Crippen molar-refractivity contribution in [2.24, 2.45) is 0 Å². The zero-order valence-electron chi connectivity index (χ0n) is 19.4. The number of benzene rings is 2. The van der Waals surface area contributed by atoms with Crippen molar-refractivity contribution in [1.29, 1.82) is 0 Å². The molecule has 12 heteroatoms. The van der Waals surface area contributed by atoms with Gasteiger partial charge < -0.3 is 14.6 Å². The molecule has 1 atom stereocenters. The van der Waals surface area contributed by atoms with Crippen LogP contribution in [0.3, 0.4) is 0 Å². The number of fused-ring (bicyclic) bond motifs is 1. The van der Waals surface area contributed by atoms with Crippen molar-refractivity contribution in [3.63, 3.8) is 0 Å². The number of hydrogen-bond acceptors (Lipinski definition) is 5. The quantitative estimate of drug-likeness (QED) is 0.364. The van der Waals surface area contributed by atoms with Crippen LogP contribution in [0.5, 0.6) is 0 Å². The van der Waals surface area contributed by atoms with Crippen LogP contribution >= 0.6 is 11.8 Å². The Morgan fingerprint density at radius 1 is 1.11 bits per heavy atom. The van der Waals surface area contributed by atoms with Crippen molar-refractivity contribution in [1.82, 2.24) is 4.57 Å². The minimum absolute atomic E-state index is 0.00827. The Hall–Kier alpha value is -2.76. The number of nitrogens with one attached hydrogen (secondary N) is 1. The summed E-state index contributed by atoms with van der Waals surface area (Å²) in [6, 6.07) is 8.04. The van der Waals surface area contributed by atoms with E-state index in [0.717, 1.165) is 34.8 Å². The second-order valence-corrected chi connectivity index (χ2v) is 9.09. The van der Waals surface area contributed by atoms with Crippen molar-refractivity contribution in [3.05, 3.63) is 58.1 Å². The highest BCUT2D eigenvalue weighted by atomic mass is 32.2. The van der Waals surface area contributed by atoms with Gasteiger partial charge in [0.1, 0.15) is 0 Å². The third-order valence-electron chi connectivity index (χ3n) is 5.82. The fourth-order valence-corrected chi connectivity index (χ4v) is 4.76. The molecule has 2 aromatic carbocycles. The second-order valence-electron chi connectivity index (χ2n) is 8.18. The second kappa shape index (κ2) is 10.1. The summed E-state index contributed by atoms with van der Waals surface area (Å²) in [5.41, 5.74) is 1.07. The highest BCUT2D eigenvalue weighted by molar-refractivity contribution is 7.98. The van der Waals surface area contributed by atoms with E-state index in [1.807, 2.05) is 32.4 Å². The van der Waals surface area contributed by atoms with Crippen molar-refractivity contribution in [2.45, 2.75) is 37.8 Å². The van der Waals surface area contributed by atoms with Crippen molar-refractivity contribution in [2.75, 3.05) is 36.3 Å². The fourth-order valence-electron chi connectivity index (χ4n) is 4.06. The van der Waals surface area contributed by atoms with Gasteiger partial charge in [0.15, 0.2) is 11.5 Å². The molecule has 1 unspecified atom stereocenters. The first-order valence-corrected chi connectivity index (χ1v) is 12.0. The summed E-state index contributed by atoms with van der Waals surface area (Å²) in [4.78, 5) is 14.7. The first kappa shape index (κ1) is 26.8. The lowest BCUT2D eigenvalue weighted by Crippen LogP contribution is -2.34. The number of alkyl halides is 6. The van der Waals surface area contributed by atoms with Gasteiger partial charge in [-0.25, -0.2) is 4.79 Å². The van der Waals surface area contributed by atoms with Gasteiger partial charge in [0.2, 0.25) is 0 Å². The Bertz CT molecular complexity index is 1220. The zero-order valence-corrected chi connectivity index (χ0v) is 20.2.